The third kappa shape index (κ3) is 3.35. The van der Waals surface area contributed by atoms with Crippen molar-refractivity contribution >= 4 is 29.1 Å². The molecule has 0 spiro atoms. The number of nitrogens with zero attached hydrogens (tertiary/aromatic N) is 2. The SMILES string of the molecule is CN(C(=O)C1=C2CN(C(=O)C3Cc4c(Cl)cc(F)cc4N3)CCC2NN1)C1(CO)CC1. The van der Waals surface area contributed by atoms with Gasteiger partial charge in [0, 0.05) is 37.3 Å². The Morgan fingerprint density at radius 3 is 2.87 bits per heavy atom. The van der Waals surface area contributed by atoms with Gasteiger partial charge in [-0.15, -0.1) is 0 Å². The highest BCUT2D eigenvalue weighted by Crippen LogP contribution is 2.41. The summed E-state index contributed by atoms with van der Waals surface area (Å²) in [6, 6.07) is 2.09. The number of likely N-dealkylation sites (tertiary alicyclic amines) is 1. The Labute approximate surface area is 184 Å². The summed E-state index contributed by atoms with van der Waals surface area (Å²) in [5.41, 5.74) is 8.29. The molecule has 10 heteroatoms. The fraction of sp³-hybridized carbons (Fsp3) is 0.524. The molecule has 0 aromatic heterocycles. The number of nitrogens with one attached hydrogen (secondary N) is 3. The standard InChI is InChI=1S/C21H25ClFN5O3/c1-27(21(10-29)3-4-21)20(31)18-13-9-28(5-2-15(13)25-26-18)19(30)17-8-12-14(22)6-11(23)7-16(12)24-17/h6-7,15,17,24-26,29H,2-5,8-10H2,1H3. The summed E-state index contributed by atoms with van der Waals surface area (Å²) < 4.78 is 13.7. The van der Waals surface area contributed by atoms with E-state index in [1.807, 2.05) is 0 Å². The minimum atomic E-state index is -0.514. The third-order valence-electron chi connectivity index (χ3n) is 7.02. The van der Waals surface area contributed by atoms with Gasteiger partial charge in [-0.05, 0) is 42.5 Å². The Morgan fingerprint density at radius 1 is 1.39 bits per heavy atom. The van der Waals surface area contributed by atoms with Crippen LogP contribution in [0.25, 0.3) is 0 Å². The van der Waals surface area contributed by atoms with Gasteiger partial charge in [-0.25, -0.2) is 9.82 Å². The maximum atomic E-state index is 13.7. The van der Waals surface area contributed by atoms with E-state index in [-0.39, 0.29) is 24.5 Å². The Hall–Kier alpha value is -2.36. The molecule has 1 aromatic rings. The average molecular weight is 450 g/mol. The van der Waals surface area contributed by atoms with Gasteiger partial charge < -0.3 is 25.6 Å². The van der Waals surface area contributed by atoms with Gasteiger partial charge in [-0.3, -0.25) is 9.59 Å². The Kier molecular flexibility index (Phi) is 4.87. The van der Waals surface area contributed by atoms with Crippen LogP contribution in [0.2, 0.25) is 5.02 Å². The van der Waals surface area contributed by atoms with Crippen molar-refractivity contribution in [1.29, 1.82) is 0 Å². The summed E-state index contributed by atoms with van der Waals surface area (Å²) in [4.78, 5) is 29.6. The van der Waals surface area contributed by atoms with Crippen LogP contribution in [-0.4, -0.2) is 71.1 Å². The molecule has 2 atom stereocenters. The number of hydrazine groups is 1. The minimum Gasteiger partial charge on any atom is -0.394 e. The summed E-state index contributed by atoms with van der Waals surface area (Å²) in [7, 11) is 1.71. The summed E-state index contributed by atoms with van der Waals surface area (Å²) in [6.07, 6.45) is 2.64. The molecule has 0 bridgehead atoms. The van der Waals surface area contributed by atoms with Crippen molar-refractivity contribution < 1.29 is 19.1 Å². The van der Waals surface area contributed by atoms with E-state index in [9.17, 15) is 19.1 Å². The first-order valence-corrected chi connectivity index (χ1v) is 10.9. The Bertz CT molecular complexity index is 995. The van der Waals surface area contributed by atoms with Crippen LogP contribution in [0.4, 0.5) is 10.1 Å². The molecule has 31 heavy (non-hydrogen) atoms. The van der Waals surface area contributed by atoms with Crippen LogP contribution in [-0.2, 0) is 16.0 Å². The van der Waals surface area contributed by atoms with Crippen molar-refractivity contribution in [1.82, 2.24) is 20.7 Å². The number of halogens is 2. The summed E-state index contributed by atoms with van der Waals surface area (Å²) in [5.74, 6) is -0.721. The van der Waals surface area contributed by atoms with Gasteiger partial charge in [-0.2, -0.15) is 0 Å². The molecule has 4 N–H and O–H groups in total. The molecule has 2 fully saturated rings. The second-order valence-corrected chi connectivity index (χ2v) is 9.24. The van der Waals surface area contributed by atoms with E-state index in [4.69, 9.17) is 11.6 Å². The predicted octanol–water partition coefficient (Wildman–Crippen LogP) is 0.762. The number of carbonyl (C=O) groups is 2. The first kappa shape index (κ1) is 20.5. The molecule has 1 aromatic carbocycles. The molecule has 4 aliphatic rings. The molecule has 1 saturated heterocycles. The molecular formula is C21H25ClFN5O3. The van der Waals surface area contributed by atoms with Crippen molar-refractivity contribution in [3.63, 3.8) is 0 Å². The monoisotopic (exact) mass is 449 g/mol. The number of rotatable bonds is 4. The zero-order valence-corrected chi connectivity index (χ0v) is 17.9. The number of anilines is 1. The maximum Gasteiger partial charge on any atom is 0.271 e. The van der Waals surface area contributed by atoms with Crippen molar-refractivity contribution in [2.45, 2.75) is 43.3 Å². The molecule has 166 valence electrons. The molecular weight excluding hydrogens is 425 g/mol. The quantitative estimate of drug-likeness (QED) is 0.542. The van der Waals surface area contributed by atoms with E-state index >= 15 is 0 Å². The Balaban J connectivity index is 1.32. The number of amides is 2. The van der Waals surface area contributed by atoms with Gasteiger partial charge in [0.15, 0.2) is 0 Å². The highest BCUT2D eigenvalue weighted by atomic mass is 35.5. The van der Waals surface area contributed by atoms with Gasteiger partial charge in [0.1, 0.15) is 17.6 Å². The first-order chi connectivity index (χ1) is 14.8. The fourth-order valence-corrected chi connectivity index (χ4v) is 5.05. The molecule has 8 nitrogen and oxygen atoms in total. The molecule has 2 amide bonds. The topological polar surface area (TPSA) is 96.9 Å². The fourth-order valence-electron chi connectivity index (χ4n) is 4.76. The second kappa shape index (κ2) is 7.36. The highest BCUT2D eigenvalue weighted by Gasteiger charge is 2.49. The number of carbonyl (C=O) groups excluding carboxylic acids is 2. The highest BCUT2D eigenvalue weighted by molar-refractivity contribution is 6.32. The number of likely N-dealkylation sites (N-methyl/N-ethyl adjacent to an activating group) is 1. The lowest BCUT2D eigenvalue weighted by molar-refractivity contribution is -0.132. The molecule has 1 saturated carbocycles. The number of aliphatic hydroxyl groups excluding tert-OH is 1. The number of fused-ring (bicyclic) bond motifs is 2. The summed E-state index contributed by atoms with van der Waals surface area (Å²) in [6.45, 7) is 0.827. The van der Waals surface area contributed by atoms with E-state index in [0.717, 1.165) is 24.0 Å². The van der Waals surface area contributed by atoms with Crippen molar-refractivity contribution in [3.8, 4) is 0 Å². The lowest BCUT2D eigenvalue weighted by Gasteiger charge is -2.33. The zero-order valence-electron chi connectivity index (χ0n) is 17.2. The van der Waals surface area contributed by atoms with E-state index in [1.165, 1.54) is 12.1 Å². The van der Waals surface area contributed by atoms with E-state index in [1.54, 1.807) is 16.8 Å². The van der Waals surface area contributed by atoms with E-state index in [2.05, 4.69) is 16.2 Å². The largest absolute Gasteiger partial charge is 0.394 e. The van der Waals surface area contributed by atoms with Gasteiger partial charge in [0.2, 0.25) is 5.91 Å². The summed E-state index contributed by atoms with van der Waals surface area (Å²) in [5, 5.41) is 13.1. The minimum absolute atomic E-state index is 0.0158. The number of hydrogen-bond acceptors (Lipinski definition) is 6. The lowest BCUT2D eigenvalue weighted by atomic mass is 9.97. The molecule has 5 rings (SSSR count). The van der Waals surface area contributed by atoms with Gasteiger partial charge in [-0.1, -0.05) is 11.6 Å². The van der Waals surface area contributed by atoms with Gasteiger partial charge >= 0.3 is 0 Å². The smallest absolute Gasteiger partial charge is 0.271 e. The third-order valence-corrected chi connectivity index (χ3v) is 7.36. The molecule has 2 unspecified atom stereocenters. The first-order valence-electron chi connectivity index (χ1n) is 10.5. The van der Waals surface area contributed by atoms with Crippen LogP contribution in [0.3, 0.4) is 0 Å². The van der Waals surface area contributed by atoms with Crippen LogP contribution in [0.15, 0.2) is 23.4 Å². The van der Waals surface area contributed by atoms with Crippen molar-refractivity contribution in [3.05, 3.63) is 39.8 Å². The van der Waals surface area contributed by atoms with E-state index < -0.39 is 17.4 Å². The molecule has 0 radical (unpaired) electrons. The summed E-state index contributed by atoms with van der Waals surface area (Å²) >= 11 is 6.15. The normalized spacial score (nSPS) is 25.5. The number of piperidine rings is 1. The van der Waals surface area contributed by atoms with Gasteiger partial charge in [0.05, 0.1) is 18.2 Å². The van der Waals surface area contributed by atoms with Crippen LogP contribution in [0, 0.1) is 5.82 Å². The lowest BCUT2D eigenvalue weighted by Crippen LogP contribution is -2.49. The van der Waals surface area contributed by atoms with Crippen LogP contribution < -0.4 is 16.2 Å². The average Bonchev–Trinajstić information content (AvgIpc) is 3.25. The predicted molar refractivity (Wildman–Crippen MR) is 113 cm³/mol. The van der Waals surface area contributed by atoms with Crippen LogP contribution >= 0.6 is 11.6 Å². The van der Waals surface area contributed by atoms with Crippen LogP contribution in [0.1, 0.15) is 24.8 Å². The van der Waals surface area contributed by atoms with E-state index in [0.29, 0.717) is 42.3 Å². The number of benzene rings is 1. The van der Waals surface area contributed by atoms with Gasteiger partial charge in [0.25, 0.3) is 5.91 Å². The second-order valence-electron chi connectivity index (χ2n) is 8.83. The molecule has 3 heterocycles. The maximum absolute atomic E-state index is 13.7. The van der Waals surface area contributed by atoms with Crippen molar-refractivity contribution in [2.75, 3.05) is 32.1 Å². The number of hydrogen-bond donors (Lipinski definition) is 4. The molecule has 1 aliphatic carbocycles. The zero-order chi connectivity index (χ0) is 21.9. The Morgan fingerprint density at radius 2 is 2.16 bits per heavy atom. The van der Waals surface area contributed by atoms with Crippen LogP contribution in [0.5, 0.6) is 0 Å². The number of aliphatic hydroxyl groups is 1. The molecule has 3 aliphatic heterocycles. The van der Waals surface area contributed by atoms with Crippen molar-refractivity contribution in [2.24, 2.45) is 0 Å².